The zero-order valence-electron chi connectivity index (χ0n) is 9.75. The van der Waals surface area contributed by atoms with Crippen LogP contribution in [0.25, 0.3) is 11.3 Å². The standard InChI is InChI=1S/C12H14ClN3O2/c13-10-4-1-3-9(7-10)12-11(8-18)14-15-16(12)5-2-6-17/h1,3-4,7,17-18H,2,5-6,8H2. The molecule has 0 aliphatic heterocycles. The van der Waals surface area contributed by atoms with Crippen LogP contribution in [0.15, 0.2) is 24.3 Å². The maximum atomic E-state index is 9.29. The number of aliphatic hydroxyl groups is 2. The van der Waals surface area contributed by atoms with Gasteiger partial charge in [0.15, 0.2) is 0 Å². The normalized spacial score (nSPS) is 10.8. The zero-order valence-corrected chi connectivity index (χ0v) is 10.5. The van der Waals surface area contributed by atoms with E-state index in [0.717, 1.165) is 11.3 Å². The molecular weight excluding hydrogens is 254 g/mol. The van der Waals surface area contributed by atoms with E-state index in [0.29, 0.717) is 23.7 Å². The van der Waals surface area contributed by atoms with Gasteiger partial charge in [0.2, 0.25) is 0 Å². The molecule has 2 rings (SSSR count). The van der Waals surface area contributed by atoms with E-state index in [-0.39, 0.29) is 13.2 Å². The molecule has 1 aromatic heterocycles. The second-order valence-electron chi connectivity index (χ2n) is 3.85. The summed E-state index contributed by atoms with van der Waals surface area (Å²) in [6, 6.07) is 7.31. The zero-order chi connectivity index (χ0) is 13.0. The second-order valence-corrected chi connectivity index (χ2v) is 4.29. The van der Waals surface area contributed by atoms with Crippen molar-refractivity contribution < 1.29 is 10.2 Å². The Kier molecular flexibility index (Phi) is 4.30. The number of nitrogens with zero attached hydrogens (tertiary/aromatic N) is 3. The molecule has 0 radical (unpaired) electrons. The van der Waals surface area contributed by atoms with Crippen LogP contribution < -0.4 is 0 Å². The fraction of sp³-hybridized carbons (Fsp3) is 0.333. The predicted octanol–water partition coefficient (Wildman–Crippen LogP) is 1.47. The molecule has 0 bridgehead atoms. The van der Waals surface area contributed by atoms with Crippen LogP contribution in [0.2, 0.25) is 5.02 Å². The van der Waals surface area contributed by atoms with E-state index in [4.69, 9.17) is 16.7 Å². The van der Waals surface area contributed by atoms with E-state index in [1.165, 1.54) is 0 Å². The number of rotatable bonds is 5. The van der Waals surface area contributed by atoms with Crippen molar-refractivity contribution in [2.45, 2.75) is 19.6 Å². The Morgan fingerprint density at radius 3 is 2.78 bits per heavy atom. The van der Waals surface area contributed by atoms with Gasteiger partial charge >= 0.3 is 0 Å². The van der Waals surface area contributed by atoms with Crippen LogP contribution in [0.5, 0.6) is 0 Å². The molecule has 0 unspecified atom stereocenters. The molecule has 0 spiro atoms. The van der Waals surface area contributed by atoms with Crippen molar-refractivity contribution in [2.75, 3.05) is 6.61 Å². The van der Waals surface area contributed by atoms with E-state index in [9.17, 15) is 5.11 Å². The summed E-state index contributed by atoms with van der Waals surface area (Å²) in [6.07, 6.45) is 0.585. The summed E-state index contributed by atoms with van der Waals surface area (Å²) in [5, 5.41) is 26.7. The Morgan fingerprint density at radius 2 is 2.11 bits per heavy atom. The molecule has 2 N–H and O–H groups in total. The van der Waals surface area contributed by atoms with E-state index in [2.05, 4.69) is 10.3 Å². The third kappa shape index (κ3) is 2.69. The topological polar surface area (TPSA) is 71.2 Å². The Balaban J connectivity index is 2.43. The van der Waals surface area contributed by atoms with Crippen LogP contribution in [0.1, 0.15) is 12.1 Å². The molecule has 0 fully saturated rings. The first-order valence-electron chi connectivity index (χ1n) is 5.66. The summed E-state index contributed by atoms with van der Waals surface area (Å²) in [4.78, 5) is 0. The third-order valence-electron chi connectivity index (χ3n) is 2.58. The van der Waals surface area contributed by atoms with Crippen LogP contribution in [0.4, 0.5) is 0 Å². The van der Waals surface area contributed by atoms with Crippen LogP contribution in [-0.4, -0.2) is 31.8 Å². The lowest BCUT2D eigenvalue weighted by molar-refractivity contribution is 0.276. The number of halogens is 1. The highest BCUT2D eigenvalue weighted by atomic mass is 35.5. The van der Waals surface area contributed by atoms with Crippen molar-refractivity contribution in [3.63, 3.8) is 0 Å². The van der Waals surface area contributed by atoms with Gasteiger partial charge in [-0.3, -0.25) is 0 Å². The molecule has 6 heteroatoms. The van der Waals surface area contributed by atoms with Crippen molar-refractivity contribution in [1.29, 1.82) is 0 Å². The minimum atomic E-state index is -0.180. The Bertz CT molecular complexity index is 528. The maximum absolute atomic E-state index is 9.29. The Morgan fingerprint density at radius 1 is 1.28 bits per heavy atom. The maximum Gasteiger partial charge on any atom is 0.116 e. The lowest BCUT2D eigenvalue weighted by Crippen LogP contribution is -2.04. The molecule has 0 saturated carbocycles. The third-order valence-corrected chi connectivity index (χ3v) is 2.82. The summed E-state index contributed by atoms with van der Waals surface area (Å²) in [6.45, 7) is 0.454. The highest BCUT2D eigenvalue weighted by Gasteiger charge is 2.14. The van der Waals surface area contributed by atoms with Crippen LogP contribution in [0, 0.1) is 0 Å². The minimum Gasteiger partial charge on any atom is -0.396 e. The number of hydrogen-bond donors (Lipinski definition) is 2. The Hall–Kier alpha value is -1.43. The van der Waals surface area contributed by atoms with Crippen molar-refractivity contribution in [3.8, 4) is 11.3 Å². The van der Waals surface area contributed by atoms with E-state index < -0.39 is 0 Å². The van der Waals surface area contributed by atoms with Crippen molar-refractivity contribution in [2.24, 2.45) is 0 Å². The van der Waals surface area contributed by atoms with Crippen LogP contribution in [0.3, 0.4) is 0 Å². The largest absolute Gasteiger partial charge is 0.396 e. The monoisotopic (exact) mass is 267 g/mol. The molecular formula is C12H14ClN3O2. The number of aryl methyl sites for hydroxylation is 1. The minimum absolute atomic E-state index is 0.0866. The number of aliphatic hydroxyl groups excluding tert-OH is 2. The van der Waals surface area contributed by atoms with Crippen molar-refractivity contribution >= 4 is 11.6 Å². The van der Waals surface area contributed by atoms with E-state index in [1.54, 1.807) is 16.8 Å². The summed E-state index contributed by atoms with van der Waals surface area (Å²) in [7, 11) is 0. The first-order valence-corrected chi connectivity index (χ1v) is 6.04. The molecule has 96 valence electrons. The van der Waals surface area contributed by atoms with E-state index in [1.807, 2.05) is 12.1 Å². The van der Waals surface area contributed by atoms with Crippen LogP contribution in [-0.2, 0) is 13.2 Å². The van der Waals surface area contributed by atoms with Gasteiger partial charge in [-0.05, 0) is 18.6 Å². The molecule has 0 atom stereocenters. The van der Waals surface area contributed by atoms with Gasteiger partial charge in [0, 0.05) is 23.7 Å². The quantitative estimate of drug-likeness (QED) is 0.861. The first kappa shape index (κ1) is 13.0. The van der Waals surface area contributed by atoms with Gasteiger partial charge in [-0.2, -0.15) is 0 Å². The second kappa shape index (κ2) is 5.95. The molecule has 0 saturated heterocycles. The molecule has 1 heterocycles. The van der Waals surface area contributed by atoms with Gasteiger partial charge in [-0.25, -0.2) is 4.68 Å². The lowest BCUT2D eigenvalue weighted by atomic mass is 10.1. The number of benzene rings is 1. The SMILES string of the molecule is OCCCn1nnc(CO)c1-c1cccc(Cl)c1. The van der Waals surface area contributed by atoms with Gasteiger partial charge in [0.05, 0.1) is 12.3 Å². The highest BCUT2D eigenvalue weighted by molar-refractivity contribution is 6.30. The molecule has 1 aromatic carbocycles. The molecule has 0 aliphatic rings. The molecule has 2 aromatic rings. The molecule has 18 heavy (non-hydrogen) atoms. The van der Waals surface area contributed by atoms with Gasteiger partial charge in [-0.15, -0.1) is 5.10 Å². The average Bonchev–Trinajstić information content (AvgIpc) is 2.79. The van der Waals surface area contributed by atoms with Crippen molar-refractivity contribution in [3.05, 3.63) is 35.0 Å². The summed E-state index contributed by atoms with van der Waals surface area (Å²) in [5.74, 6) is 0. The van der Waals surface area contributed by atoms with E-state index >= 15 is 0 Å². The number of hydrogen-bond acceptors (Lipinski definition) is 4. The predicted molar refractivity (Wildman–Crippen MR) is 68.1 cm³/mol. The number of aromatic nitrogens is 3. The Labute approximate surface area is 110 Å². The lowest BCUT2D eigenvalue weighted by Gasteiger charge is -2.07. The van der Waals surface area contributed by atoms with Gasteiger partial charge in [0.1, 0.15) is 5.69 Å². The summed E-state index contributed by atoms with van der Waals surface area (Å²) in [5.41, 5.74) is 2.11. The van der Waals surface area contributed by atoms with Crippen LogP contribution >= 0.6 is 11.6 Å². The highest BCUT2D eigenvalue weighted by Crippen LogP contribution is 2.25. The smallest absolute Gasteiger partial charge is 0.116 e. The fourth-order valence-corrected chi connectivity index (χ4v) is 1.97. The summed E-state index contributed by atoms with van der Waals surface area (Å²) < 4.78 is 1.67. The first-order chi connectivity index (χ1) is 8.76. The summed E-state index contributed by atoms with van der Waals surface area (Å²) >= 11 is 5.96. The van der Waals surface area contributed by atoms with Gasteiger partial charge < -0.3 is 10.2 Å². The molecule has 0 amide bonds. The van der Waals surface area contributed by atoms with Gasteiger partial charge in [0.25, 0.3) is 0 Å². The van der Waals surface area contributed by atoms with Crippen molar-refractivity contribution in [1.82, 2.24) is 15.0 Å². The molecule has 5 nitrogen and oxygen atoms in total. The molecule has 0 aliphatic carbocycles. The average molecular weight is 268 g/mol. The van der Waals surface area contributed by atoms with Gasteiger partial charge in [-0.1, -0.05) is 28.9 Å². The fourth-order valence-electron chi connectivity index (χ4n) is 1.78.